The summed E-state index contributed by atoms with van der Waals surface area (Å²) in [5.74, 6) is 0.614. The second-order valence-corrected chi connectivity index (χ2v) is 4.74. The molecule has 0 aromatic carbocycles. The van der Waals surface area contributed by atoms with Crippen molar-refractivity contribution in [2.24, 2.45) is 13.0 Å². The molecule has 0 saturated heterocycles. The number of aryl methyl sites for hydroxylation is 1. The van der Waals surface area contributed by atoms with Crippen LogP contribution < -0.4 is 5.32 Å². The van der Waals surface area contributed by atoms with Crippen molar-refractivity contribution in [2.75, 3.05) is 13.2 Å². The quantitative estimate of drug-likeness (QED) is 0.726. The Bertz CT molecular complexity index is 296. The van der Waals surface area contributed by atoms with Gasteiger partial charge < -0.3 is 10.4 Å². The van der Waals surface area contributed by atoms with Crippen LogP contribution in [-0.4, -0.2) is 34.1 Å². The summed E-state index contributed by atoms with van der Waals surface area (Å²) in [6, 6.07) is 0.219. The Kier molecular flexibility index (Phi) is 5.49. The molecule has 92 valence electrons. The van der Waals surface area contributed by atoms with Crippen LogP contribution in [0.1, 0.15) is 25.8 Å². The van der Waals surface area contributed by atoms with E-state index >= 15 is 0 Å². The second-order valence-electron chi connectivity index (χ2n) is 4.74. The van der Waals surface area contributed by atoms with Gasteiger partial charge in [-0.3, -0.25) is 4.68 Å². The van der Waals surface area contributed by atoms with Crippen LogP contribution in [-0.2, 0) is 13.5 Å². The lowest BCUT2D eigenvalue weighted by Crippen LogP contribution is -2.35. The first kappa shape index (κ1) is 13.2. The van der Waals surface area contributed by atoms with Crippen LogP contribution in [0.5, 0.6) is 0 Å². The van der Waals surface area contributed by atoms with Crippen molar-refractivity contribution < 1.29 is 5.11 Å². The Morgan fingerprint density at radius 2 is 2.25 bits per heavy atom. The molecule has 0 fully saturated rings. The minimum Gasteiger partial charge on any atom is -0.395 e. The van der Waals surface area contributed by atoms with Gasteiger partial charge in [0.25, 0.3) is 0 Å². The maximum Gasteiger partial charge on any atom is 0.0584 e. The molecule has 0 aliphatic rings. The van der Waals surface area contributed by atoms with E-state index in [-0.39, 0.29) is 12.6 Å². The predicted molar refractivity (Wildman–Crippen MR) is 65.2 cm³/mol. The van der Waals surface area contributed by atoms with Crippen LogP contribution in [0.15, 0.2) is 12.4 Å². The molecule has 1 aromatic heterocycles. The zero-order chi connectivity index (χ0) is 12.0. The van der Waals surface area contributed by atoms with Crippen LogP contribution in [0.2, 0.25) is 0 Å². The number of nitrogens with zero attached hydrogens (tertiary/aromatic N) is 2. The maximum absolute atomic E-state index is 9.20. The minimum atomic E-state index is 0.214. The third-order valence-corrected chi connectivity index (χ3v) is 2.58. The molecule has 0 aliphatic heterocycles. The molecule has 4 nitrogen and oxygen atoms in total. The van der Waals surface area contributed by atoms with Crippen LogP contribution in [0.3, 0.4) is 0 Å². The van der Waals surface area contributed by atoms with Crippen LogP contribution in [0.25, 0.3) is 0 Å². The fourth-order valence-corrected chi connectivity index (χ4v) is 1.81. The highest BCUT2D eigenvalue weighted by molar-refractivity contribution is 5.03. The van der Waals surface area contributed by atoms with Crippen molar-refractivity contribution in [1.29, 1.82) is 0 Å². The molecule has 1 unspecified atom stereocenters. The average molecular weight is 225 g/mol. The lowest BCUT2D eigenvalue weighted by atomic mass is 10.0. The normalized spacial score (nSPS) is 13.3. The summed E-state index contributed by atoms with van der Waals surface area (Å²) in [5.41, 5.74) is 1.23. The summed E-state index contributed by atoms with van der Waals surface area (Å²) >= 11 is 0. The van der Waals surface area contributed by atoms with Gasteiger partial charge in [0, 0.05) is 19.3 Å². The molecule has 2 N–H and O–H groups in total. The number of hydrogen-bond donors (Lipinski definition) is 2. The van der Waals surface area contributed by atoms with E-state index in [1.165, 1.54) is 5.56 Å². The molecule has 0 saturated carbocycles. The Balaban J connectivity index is 2.23. The Morgan fingerprint density at radius 1 is 1.50 bits per heavy atom. The lowest BCUT2D eigenvalue weighted by molar-refractivity contribution is 0.225. The first-order valence-corrected chi connectivity index (χ1v) is 5.93. The highest BCUT2D eigenvalue weighted by Gasteiger charge is 2.08. The lowest BCUT2D eigenvalue weighted by Gasteiger charge is -2.17. The molecular weight excluding hydrogens is 202 g/mol. The van der Waals surface area contributed by atoms with Gasteiger partial charge in [-0.2, -0.15) is 5.10 Å². The summed E-state index contributed by atoms with van der Waals surface area (Å²) in [6.45, 7) is 5.45. The molecule has 1 atom stereocenters. The van der Waals surface area contributed by atoms with Crippen LogP contribution in [0, 0.1) is 5.92 Å². The third-order valence-electron chi connectivity index (χ3n) is 2.58. The SMILES string of the molecule is CC(C)CC(CO)NCCc1cnn(C)c1. The number of hydrogen-bond acceptors (Lipinski definition) is 3. The first-order valence-electron chi connectivity index (χ1n) is 5.93. The average Bonchev–Trinajstić information content (AvgIpc) is 2.62. The molecule has 0 amide bonds. The monoisotopic (exact) mass is 225 g/mol. The van der Waals surface area contributed by atoms with Gasteiger partial charge in [-0.05, 0) is 30.9 Å². The zero-order valence-corrected chi connectivity index (χ0v) is 10.5. The highest BCUT2D eigenvalue weighted by atomic mass is 16.3. The molecule has 0 radical (unpaired) electrons. The summed E-state index contributed by atoms with van der Waals surface area (Å²) in [5, 5.41) is 16.7. The van der Waals surface area contributed by atoms with E-state index in [0.29, 0.717) is 5.92 Å². The van der Waals surface area contributed by atoms with Gasteiger partial charge >= 0.3 is 0 Å². The molecule has 1 rings (SSSR count). The number of aliphatic hydroxyl groups excluding tert-OH is 1. The highest BCUT2D eigenvalue weighted by Crippen LogP contribution is 2.04. The Hall–Kier alpha value is -0.870. The fraction of sp³-hybridized carbons (Fsp3) is 0.750. The van der Waals surface area contributed by atoms with Gasteiger partial charge in [-0.15, -0.1) is 0 Å². The van der Waals surface area contributed by atoms with E-state index in [9.17, 15) is 5.11 Å². The number of rotatable bonds is 7. The van der Waals surface area contributed by atoms with Crippen molar-refractivity contribution in [3.8, 4) is 0 Å². The second kappa shape index (κ2) is 6.66. The molecule has 1 aromatic rings. The molecule has 0 bridgehead atoms. The maximum atomic E-state index is 9.20. The van der Waals surface area contributed by atoms with Crippen molar-refractivity contribution >= 4 is 0 Å². The fourth-order valence-electron chi connectivity index (χ4n) is 1.81. The zero-order valence-electron chi connectivity index (χ0n) is 10.5. The van der Waals surface area contributed by atoms with Gasteiger partial charge in [0.2, 0.25) is 0 Å². The molecule has 0 aliphatic carbocycles. The van der Waals surface area contributed by atoms with Gasteiger partial charge in [0.1, 0.15) is 0 Å². The Labute approximate surface area is 97.7 Å². The molecular formula is C12H23N3O. The molecule has 4 heteroatoms. The van der Waals surface area contributed by atoms with E-state index < -0.39 is 0 Å². The van der Waals surface area contributed by atoms with E-state index in [0.717, 1.165) is 19.4 Å². The van der Waals surface area contributed by atoms with E-state index in [1.807, 2.05) is 24.1 Å². The van der Waals surface area contributed by atoms with Gasteiger partial charge in [-0.25, -0.2) is 0 Å². The first-order chi connectivity index (χ1) is 7.61. The number of aromatic nitrogens is 2. The van der Waals surface area contributed by atoms with E-state index in [4.69, 9.17) is 0 Å². The minimum absolute atomic E-state index is 0.214. The molecule has 1 heterocycles. The van der Waals surface area contributed by atoms with Crippen molar-refractivity contribution in [3.63, 3.8) is 0 Å². The van der Waals surface area contributed by atoms with Crippen LogP contribution >= 0.6 is 0 Å². The van der Waals surface area contributed by atoms with Gasteiger partial charge in [0.05, 0.1) is 12.8 Å². The summed E-state index contributed by atoms with van der Waals surface area (Å²) in [7, 11) is 1.92. The van der Waals surface area contributed by atoms with E-state index in [2.05, 4.69) is 24.3 Å². The molecule has 16 heavy (non-hydrogen) atoms. The third kappa shape index (κ3) is 4.77. The number of aliphatic hydroxyl groups is 1. The van der Waals surface area contributed by atoms with Gasteiger partial charge in [0.15, 0.2) is 0 Å². The predicted octanol–water partition coefficient (Wildman–Crippen LogP) is 0.959. The smallest absolute Gasteiger partial charge is 0.0584 e. The summed E-state index contributed by atoms with van der Waals surface area (Å²) < 4.78 is 1.81. The summed E-state index contributed by atoms with van der Waals surface area (Å²) in [4.78, 5) is 0. The largest absolute Gasteiger partial charge is 0.395 e. The summed E-state index contributed by atoms with van der Waals surface area (Å²) in [6.07, 6.45) is 5.89. The standard InChI is InChI=1S/C12H23N3O/c1-10(2)6-12(9-16)13-5-4-11-7-14-15(3)8-11/h7-8,10,12-13,16H,4-6,9H2,1-3H3. The Morgan fingerprint density at radius 3 is 2.75 bits per heavy atom. The topological polar surface area (TPSA) is 50.1 Å². The van der Waals surface area contributed by atoms with Crippen molar-refractivity contribution in [3.05, 3.63) is 18.0 Å². The number of nitrogens with one attached hydrogen (secondary N) is 1. The van der Waals surface area contributed by atoms with Crippen molar-refractivity contribution in [1.82, 2.24) is 15.1 Å². The van der Waals surface area contributed by atoms with Crippen LogP contribution in [0.4, 0.5) is 0 Å². The van der Waals surface area contributed by atoms with Gasteiger partial charge in [-0.1, -0.05) is 13.8 Å². The van der Waals surface area contributed by atoms with Crippen molar-refractivity contribution in [2.45, 2.75) is 32.7 Å². The molecule has 0 spiro atoms. The van der Waals surface area contributed by atoms with E-state index in [1.54, 1.807) is 0 Å².